The van der Waals surface area contributed by atoms with Crippen LogP contribution in [0.4, 0.5) is 5.82 Å². The molecule has 3 N–H and O–H groups in total. The van der Waals surface area contributed by atoms with Gasteiger partial charge >= 0.3 is 0 Å². The predicted octanol–water partition coefficient (Wildman–Crippen LogP) is -8.57. The van der Waals surface area contributed by atoms with Crippen molar-refractivity contribution in [2.45, 2.75) is 0 Å². The minimum Gasteiger partial charge on any atom is -1.00 e. The van der Waals surface area contributed by atoms with Crippen LogP contribution in [0.2, 0.25) is 0 Å². The van der Waals surface area contributed by atoms with Crippen molar-refractivity contribution in [1.82, 2.24) is 10.4 Å². The zero-order chi connectivity index (χ0) is 13.2. The Balaban J connectivity index is 0.00000110. The number of carbonyl (C=O) groups excluding carboxylic acids is 1. The number of amides is 1. The molecule has 0 bridgehead atoms. The van der Waals surface area contributed by atoms with Gasteiger partial charge in [0.05, 0.1) is 18.8 Å². The molecule has 3 rings (SSSR count). The molecule has 0 radical (unpaired) electrons. The quantitative estimate of drug-likeness (QED) is 0.504. The minimum absolute atomic E-state index is 0. The Morgan fingerprint density at radius 1 is 1.29 bits per heavy atom. The first kappa shape index (κ1) is 17.3. The van der Waals surface area contributed by atoms with Gasteiger partial charge in [-0.1, -0.05) is 0 Å². The number of aromatic nitrogens is 1. The fourth-order valence-electron chi connectivity index (χ4n) is 2.03. The Hall–Kier alpha value is -1.80. The van der Waals surface area contributed by atoms with E-state index < -0.39 is 0 Å². The summed E-state index contributed by atoms with van der Waals surface area (Å²) in [6.45, 7) is 0.382. The summed E-state index contributed by atoms with van der Waals surface area (Å²) in [6.07, 6.45) is 7.20. The van der Waals surface area contributed by atoms with E-state index in [1.807, 2.05) is 25.4 Å². The highest BCUT2D eigenvalue weighted by atomic mass is 35.5. The van der Waals surface area contributed by atoms with Crippen LogP contribution in [0.25, 0.3) is 0 Å². The van der Waals surface area contributed by atoms with Crippen molar-refractivity contribution < 1.29 is 39.4 Å². The number of hydrogen-bond acceptors (Lipinski definition) is 4. The first-order chi connectivity index (χ1) is 9.24. The van der Waals surface area contributed by atoms with E-state index >= 15 is 0 Å². The van der Waals surface area contributed by atoms with Crippen molar-refractivity contribution in [2.75, 3.05) is 13.6 Å². The summed E-state index contributed by atoms with van der Waals surface area (Å²) in [5.41, 5.74) is 3.40. The second-order valence-electron chi connectivity index (χ2n) is 4.43. The molecule has 112 valence electrons. The lowest BCUT2D eigenvalue weighted by molar-refractivity contribution is -0.774. The van der Waals surface area contributed by atoms with Crippen LogP contribution in [0, 0.1) is 0 Å². The average Bonchev–Trinajstić information content (AvgIpc) is 2.93. The van der Waals surface area contributed by atoms with E-state index in [4.69, 9.17) is 0 Å². The van der Waals surface area contributed by atoms with Crippen LogP contribution in [0.5, 0.6) is 0 Å². The van der Waals surface area contributed by atoms with Gasteiger partial charge in [-0.3, -0.25) is 9.69 Å². The lowest BCUT2D eigenvalue weighted by Gasteiger charge is -2.18. The molecule has 2 aliphatic heterocycles. The van der Waals surface area contributed by atoms with Crippen LogP contribution in [0.3, 0.4) is 0 Å². The fraction of sp³-hybridized carbons (Fsp3) is 0.167. The molecule has 21 heavy (non-hydrogen) atoms. The number of nitrogens with one attached hydrogen (secondary N) is 3. The van der Waals surface area contributed by atoms with Gasteiger partial charge in [0.25, 0.3) is 11.7 Å². The average molecular weight is 329 g/mol. The highest BCUT2D eigenvalue weighted by Crippen LogP contribution is 2.01. The second kappa shape index (κ2) is 7.28. The van der Waals surface area contributed by atoms with Crippen molar-refractivity contribution in [1.29, 1.82) is 0 Å². The van der Waals surface area contributed by atoms with Crippen LogP contribution < -0.4 is 40.0 Å². The number of likely N-dealkylation sites (N-methyl/N-ethyl adjacent to an activating group) is 1. The maximum Gasteiger partial charge on any atom is 0.295 e. The summed E-state index contributed by atoms with van der Waals surface area (Å²) < 4.78 is 0. The first-order valence-corrected chi connectivity index (χ1v) is 5.97. The molecule has 2 unspecified atom stereocenters. The van der Waals surface area contributed by atoms with Gasteiger partial charge in [0.2, 0.25) is 5.82 Å². The molecule has 0 aliphatic carbocycles. The van der Waals surface area contributed by atoms with Crippen molar-refractivity contribution in [3.8, 4) is 0 Å². The third kappa shape index (κ3) is 3.64. The number of amidine groups is 1. The van der Waals surface area contributed by atoms with Crippen LogP contribution in [-0.2, 0) is 4.79 Å². The molecule has 0 spiro atoms. The molecule has 9 heteroatoms. The molecule has 1 aromatic rings. The summed E-state index contributed by atoms with van der Waals surface area (Å²) >= 11 is 0. The zero-order valence-electron chi connectivity index (χ0n) is 11.2. The molecule has 0 saturated carbocycles. The highest BCUT2D eigenvalue weighted by Gasteiger charge is 2.24. The Morgan fingerprint density at radius 3 is 2.67 bits per heavy atom. The number of rotatable bonds is 2. The second-order valence-corrected chi connectivity index (χ2v) is 4.43. The van der Waals surface area contributed by atoms with Crippen molar-refractivity contribution in [3.63, 3.8) is 0 Å². The lowest BCUT2D eigenvalue weighted by atomic mass is 10.2. The van der Waals surface area contributed by atoms with E-state index in [2.05, 4.69) is 20.5 Å². The molecular formula is C12H14Cl2N6O. The Labute approximate surface area is 134 Å². The van der Waals surface area contributed by atoms with E-state index in [9.17, 15) is 4.79 Å². The normalized spacial score (nSPS) is 22.9. The van der Waals surface area contributed by atoms with Crippen molar-refractivity contribution >= 4 is 23.9 Å². The minimum atomic E-state index is -0.0753. The van der Waals surface area contributed by atoms with Crippen molar-refractivity contribution in [2.24, 2.45) is 10.1 Å². The lowest BCUT2D eigenvalue weighted by Crippen LogP contribution is -3.14. The van der Waals surface area contributed by atoms with Gasteiger partial charge in [0, 0.05) is 12.3 Å². The Kier molecular flexibility index (Phi) is 5.98. The number of nitrogens with zero attached hydrogens (tertiary/aromatic N) is 3. The summed E-state index contributed by atoms with van der Waals surface area (Å²) in [7, 11) is 1.91. The number of pyridine rings is 1. The molecule has 2 aliphatic rings. The molecule has 1 aromatic heterocycles. The molecule has 0 saturated heterocycles. The van der Waals surface area contributed by atoms with E-state index in [0.717, 1.165) is 27.0 Å². The van der Waals surface area contributed by atoms with Gasteiger partial charge in [-0.05, 0) is 6.07 Å². The maximum atomic E-state index is 11.2. The third-order valence-corrected chi connectivity index (χ3v) is 3.01. The van der Waals surface area contributed by atoms with Gasteiger partial charge < -0.3 is 24.8 Å². The standard InChI is InChI=1S/C12H12N6O.2ClH/c1-17-7-11(19)15-16-12(17)9-2-3-10(14-6-9)18-5-4-13-8-18;;/h2-6,8H,7H2,1H3,(H,15,19);2*1H. The van der Waals surface area contributed by atoms with Crippen LogP contribution in [0.1, 0.15) is 5.56 Å². The largest absolute Gasteiger partial charge is 1.00 e. The zero-order valence-corrected chi connectivity index (χ0v) is 12.7. The summed E-state index contributed by atoms with van der Waals surface area (Å²) in [6, 6.07) is 3.88. The van der Waals surface area contributed by atoms with Gasteiger partial charge in [0.15, 0.2) is 12.9 Å². The van der Waals surface area contributed by atoms with E-state index in [1.54, 1.807) is 18.7 Å². The number of hydrazone groups is 1. The van der Waals surface area contributed by atoms with Gasteiger partial charge in [-0.25, -0.2) is 20.3 Å². The predicted molar refractivity (Wildman–Crippen MR) is 68.9 cm³/mol. The van der Waals surface area contributed by atoms with Gasteiger partial charge in [0.1, 0.15) is 6.20 Å². The monoisotopic (exact) mass is 328 g/mol. The van der Waals surface area contributed by atoms with Crippen molar-refractivity contribution in [3.05, 3.63) is 36.3 Å². The first-order valence-electron chi connectivity index (χ1n) is 5.97. The number of quaternary nitrogens is 2. The molecule has 0 aromatic carbocycles. The molecular weight excluding hydrogens is 315 g/mol. The molecule has 0 fully saturated rings. The SMILES string of the molecule is C[NH+]1CC(=O)NN=C1c1ccc([NH+]2C=CN=C2)nc1.[Cl-].[Cl-]. The Morgan fingerprint density at radius 2 is 2.10 bits per heavy atom. The number of aliphatic imine (C=N–C) groups is 1. The summed E-state index contributed by atoms with van der Waals surface area (Å²) in [4.78, 5) is 21.6. The number of hydrogen-bond donors (Lipinski definition) is 3. The molecule has 3 heterocycles. The fourth-order valence-corrected chi connectivity index (χ4v) is 2.03. The molecule has 1 amide bonds. The Bertz CT molecular complexity index is 586. The van der Waals surface area contributed by atoms with Crippen LogP contribution in [-0.4, -0.2) is 36.7 Å². The van der Waals surface area contributed by atoms with Crippen LogP contribution in [0.15, 0.2) is 40.8 Å². The van der Waals surface area contributed by atoms with Gasteiger partial charge in [-0.15, -0.1) is 5.10 Å². The van der Waals surface area contributed by atoms with E-state index in [0.29, 0.717) is 6.54 Å². The van der Waals surface area contributed by atoms with E-state index in [1.165, 1.54) is 0 Å². The molecule has 7 nitrogen and oxygen atoms in total. The molecule has 2 atom stereocenters. The maximum absolute atomic E-state index is 11.2. The van der Waals surface area contributed by atoms with E-state index in [-0.39, 0.29) is 30.7 Å². The summed E-state index contributed by atoms with van der Waals surface area (Å²) in [5.74, 6) is 1.59. The number of carbonyl (C=O) groups is 1. The van der Waals surface area contributed by atoms with Gasteiger partial charge in [-0.2, -0.15) is 0 Å². The van der Waals surface area contributed by atoms with Crippen LogP contribution >= 0.6 is 0 Å². The topological polar surface area (TPSA) is 75.6 Å². The third-order valence-electron chi connectivity index (χ3n) is 3.01. The number of halogens is 2. The highest BCUT2D eigenvalue weighted by molar-refractivity contribution is 5.95. The smallest absolute Gasteiger partial charge is 0.295 e. The summed E-state index contributed by atoms with van der Waals surface area (Å²) in [5, 5.41) is 4.08.